The van der Waals surface area contributed by atoms with Gasteiger partial charge in [-0.15, -0.1) is 0 Å². The van der Waals surface area contributed by atoms with Gasteiger partial charge in [-0.05, 0) is 27.6 Å². The summed E-state index contributed by atoms with van der Waals surface area (Å²) in [6.07, 6.45) is -3.38. The summed E-state index contributed by atoms with van der Waals surface area (Å²) >= 11 is 2.73. The van der Waals surface area contributed by atoms with Crippen molar-refractivity contribution in [3.63, 3.8) is 0 Å². The number of halogens is 4. The third-order valence-electron chi connectivity index (χ3n) is 2.61. The highest BCUT2D eigenvalue weighted by atomic mass is 79.9. The average molecular weight is 332 g/mol. The first kappa shape index (κ1) is 13.9. The van der Waals surface area contributed by atoms with Gasteiger partial charge in [-0.1, -0.05) is 30.3 Å². The summed E-state index contributed by atoms with van der Waals surface area (Å²) in [5.74, 6) is 0. The number of nitrogens with zero attached hydrogens (tertiary/aromatic N) is 1. The molecule has 2 rings (SSSR count). The Morgan fingerprint density at radius 3 is 2.32 bits per heavy atom. The van der Waals surface area contributed by atoms with Gasteiger partial charge in [0.05, 0.1) is 16.6 Å². The van der Waals surface area contributed by atoms with Crippen LogP contribution in [0.1, 0.15) is 11.1 Å². The van der Waals surface area contributed by atoms with Crippen LogP contribution in [0, 0.1) is 0 Å². The molecule has 0 N–H and O–H groups in total. The molecule has 0 aliphatic heterocycles. The van der Waals surface area contributed by atoms with Crippen LogP contribution in [-0.2, 0) is 12.7 Å². The Morgan fingerprint density at radius 1 is 1.11 bits per heavy atom. The van der Waals surface area contributed by atoms with Crippen molar-refractivity contribution in [3.05, 3.63) is 68.5 Å². The first-order chi connectivity index (χ1) is 8.89. The van der Waals surface area contributed by atoms with E-state index in [1.807, 2.05) is 6.07 Å². The highest BCUT2D eigenvalue weighted by Crippen LogP contribution is 2.32. The molecule has 0 fully saturated rings. The molecule has 0 unspecified atom stereocenters. The maximum Gasteiger partial charge on any atom is 0.417 e. The van der Waals surface area contributed by atoms with Gasteiger partial charge in [0.15, 0.2) is 0 Å². The lowest BCUT2D eigenvalue weighted by atomic mass is 10.2. The Hall–Kier alpha value is -1.56. The number of benzene rings is 1. The van der Waals surface area contributed by atoms with E-state index in [0.717, 1.165) is 17.8 Å². The number of alkyl halides is 3. The van der Waals surface area contributed by atoms with Crippen LogP contribution >= 0.6 is 15.9 Å². The molecule has 0 aliphatic carbocycles. The minimum Gasteiger partial charge on any atom is -0.310 e. The van der Waals surface area contributed by atoms with Gasteiger partial charge in [0.1, 0.15) is 0 Å². The standard InChI is InChI=1S/C13H9BrF3NO/c14-11-10(13(15,16)17)6-7-18(12(11)19)8-9-4-2-1-3-5-9/h1-7H,8H2. The van der Waals surface area contributed by atoms with Crippen molar-refractivity contribution in [2.24, 2.45) is 0 Å². The lowest BCUT2D eigenvalue weighted by molar-refractivity contribution is -0.138. The molecule has 0 spiro atoms. The van der Waals surface area contributed by atoms with Crippen LogP contribution in [0.15, 0.2) is 51.9 Å². The zero-order valence-corrected chi connectivity index (χ0v) is 11.2. The fourth-order valence-electron chi connectivity index (χ4n) is 1.67. The summed E-state index contributed by atoms with van der Waals surface area (Å²) in [5, 5.41) is 0. The Labute approximate surface area is 115 Å². The summed E-state index contributed by atoms with van der Waals surface area (Å²) in [6, 6.07) is 9.94. The summed E-state index contributed by atoms with van der Waals surface area (Å²) < 4.78 is 38.6. The molecule has 19 heavy (non-hydrogen) atoms. The molecular weight excluding hydrogens is 323 g/mol. The van der Waals surface area contributed by atoms with Gasteiger partial charge in [-0.3, -0.25) is 4.79 Å². The van der Waals surface area contributed by atoms with Crippen LogP contribution in [-0.4, -0.2) is 4.57 Å². The van der Waals surface area contributed by atoms with Gasteiger partial charge in [0.25, 0.3) is 5.56 Å². The van der Waals surface area contributed by atoms with Crippen LogP contribution in [0.25, 0.3) is 0 Å². The van der Waals surface area contributed by atoms with Crippen molar-refractivity contribution in [1.29, 1.82) is 0 Å². The monoisotopic (exact) mass is 331 g/mol. The number of aromatic nitrogens is 1. The Morgan fingerprint density at radius 2 is 1.74 bits per heavy atom. The molecule has 2 nitrogen and oxygen atoms in total. The molecule has 0 saturated heterocycles. The van der Waals surface area contributed by atoms with Gasteiger partial charge >= 0.3 is 6.18 Å². The number of pyridine rings is 1. The molecule has 0 bridgehead atoms. The van der Waals surface area contributed by atoms with E-state index >= 15 is 0 Å². The zero-order chi connectivity index (χ0) is 14.0. The molecule has 0 atom stereocenters. The molecule has 1 aromatic heterocycles. The van der Waals surface area contributed by atoms with Crippen molar-refractivity contribution in [3.8, 4) is 0 Å². The Balaban J connectivity index is 2.40. The molecule has 0 saturated carbocycles. The molecule has 0 aliphatic rings. The summed E-state index contributed by atoms with van der Waals surface area (Å²) in [7, 11) is 0. The lowest BCUT2D eigenvalue weighted by Crippen LogP contribution is -2.24. The van der Waals surface area contributed by atoms with Crippen molar-refractivity contribution in [1.82, 2.24) is 4.57 Å². The van der Waals surface area contributed by atoms with Gasteiger partial charge in [0.2, 0.25) is 0 Å². The summed E-state index contributed by atoms with van der Waals surface area (Å²) in [6.45, 7) is 0.233. The van der Waals surface area contributed by atoms with Crippen LogP contribution in [0.5, 0.6) is 0 Å². The summed E-state index contributed by atoms with van der Waals surface area (Å²) in [5.41, 5.74) is -0.809. The number of hydrogen-bond donors (Lipinski definition) is 0. The van der Waals surface area contributed by atoms with Crippen LogP contribution in [0.2, 0.25) is 0 Å². The molecule has 1 heterocycles. The Bertz CT molecular complexity index is 635. The van der Waals surface area contributed by atoms with Gasteiger partial charge in [-0.25, -0.2) is 0 Å². The molecule has 0 radical (unpaired) electrons. The average Bonchev–Trinajstić information content (AvgIpc) is 2.35. The Kier molecular flexibility index (Phi) is 3.80. The summed E-state index contributed by atoms with van der Waals surface area (Å²) in [4.78, 5) is 11.9. The van der Waals surface area contributed by atoms with E-state index in [1.165, 1.54) is 4.57 Å². The van der Waals surface area contributed by atoms with E-state index in [0.29, 0.717) is 0 Å². The maximum atomic E-state index is 12.6. The van der Waals surface area contributed by atoms with Crippen LogP contribution < -0.4 is 5.56 Å². The molecule has 1 aromatic carbocycles. The van der Waals surface area contributed by atoms with Crippen molar-refractivity contribution >= 4 is 15.9 Å². The van der Waals surface area contributed by atoms with Gasteiger partial charge in [-0.2, -0.15) is 13.2 Å². The van der Waals surface area contributed by atoms with Gasteiger partial charge in [0, 0.05) is 6.20 Å². The SMILES string of the molecule is O=c1c(Br)c(C(F)(F)F)ccn1Cc1ccccc1. The predicted molar refractivity (Wildman–Crippen MR) is 68.9 cm³/mol. The number of hydrogen-bond acceptors (Lipinski definition) is 1. The molecule has 0 amide bonds. The third kappa shape index (κ3) is 3.07. The zero-order valence-electron chi connectivity index (χ0n) is 9.62. The van der Waals surface area contributed by atoms with E-state index in [-0.39, 0.29) is 6.54 Å². The lowest BCUT2D eigenvalue weighted by Gasteiger charge is -2.11. The highest BCUT2D eigenvalue weighted by Gasteiger charge is 2.34. The van der Waals surface area contributed by atoms with Gasteiger partial charge < -0.3 is 4.57 Å². The molecule has 6 heteroatoms. The number of rotatable bonds is 2. The fourth-order valence-corrected chi connectivity index (χ4v) is 2.25. The second-order valence-electron chi connectivity index (χ2n) is 3.96. The van der Waals surface area contributed by atoms with Crippen LogP contribution in [0.4, 0.5) is 13.2 Å². The maximum absolute atomic E-state index is 12.6. The van der Waals surface area contributed by atoms with Crippen LogP contribution in [0.3, 0.4) is 0 Å². The van der Waals surface area contributed by atoms with E-state index < -0.39 is 21.8 Å². The minimum absolute atomic E-state index is 0.233. The minimum atomic E-state index is -4.54. The predicted octanol–water partition coefficient (Wildman–Crippen LogP) is 3.68. The molecule has 2 aromatic rings. The van der Waals surface area contributed by atoms with E-state index in [2.05, 4.69) is 15.9 Å². The normalized spacial score (nSPS) is 11.6. The van der Waals surface area contributed by atoms with E-state index in [1.54, 1.807) is 24.3 Å². The second kappa shape index (κ2) is 5.21. The quantitative estimate of drug-likeness (QED) is 0.822. The van der Waals surface area contributed by atoms with Crippen molar-refractivity contribution in [2.75, 3.05) is 0 Å². The van der Waals surface area contributed by atoms with Crippen molar-refractivity contribution < 1.29 is 13.2 Å². The molecular formula is C13H9BrF3NO. The topological polar surface area (TPSA) is 22.0 Å². The van der Waals surface area contributed by atoms with Crippen molar-refractivity contribution in [2.45, 2.75) is 12.7 Å². The van der Waals surface area contributed by atoms with E-state index in [9.17, 15) is 18.0 Å². The first-order valence-corrected chi connectivity index (χ1v) is 6.19. The van der Waals surface area contributed by atoms with E-state index in [4.69, 9.17) is 0 Å². The highest BCUT2D eigenvalue weighted by molar-refractivity contribution is 9.10. The molecule has 100 valence electrons. The fraction of sp³-hybridized carbons (Fsp3) is 0.154. The third-order valence-corrected chi connectivity index (χ3v) is 3.37. The largest absolute Gasteiger partial charge is 0.417 e. The first-order valence-electron chi connectivity index (χ1n) is 5.39. The smallest absolute Gasteiger partial charge is 0.310 e. The second-order valence-corrected chi connectivity index (χ2v) is 4.75.